The molecule has 1 amide bonds. The SMILES string of the molecule is O=C(N[C@H]1C[C@H]2CC[C@H]1C2)C1CCN(Cc2ccccc2F)CC1. The molecule has 1 aromatic carbocycles. The Morgan fingerprint density at radius 3 is 2.58 bits per heavy atom. The van der Waals surface area contributed by atoms with Crippen molar-refractivity contribution in [3.8, 4) is 0 Å². The highest BCUT2D eigenvalue weighted by Gasteiger charge is 2.40. The van der Waals surface area contributed by atoms with Crippen LogP contribution in [-0.2, 0) is 11.3 Å². The molecule has 1 heterocycles. The fraction of sp³-hybridized carbons (Fsp3) is 0.650. The molecular weight excluding hydrogens is 303 g/mol. The van der Waals surface area contributed by atoms with Crippen molar-refractivity contribution in [2.75, 3.05) is 13.1 Å². The predicted molar refractivity (Wildman–Crippen MR) is 91.8 cm³/mol. The number of likely N-dealkylation sites (tertiary alicyclic amines) is 1. The Hall–Kier alpha value is -1.42. The lowest BCUT2D eigenvalue weighted by molar-refractivity contribution is -0.127. The molecule has 2 aliphatic carbocycles. The van der Waals surface area contributed by atoms with Crippen LogP contribution in [0.1, 0.15) is 44.1 Å². The van der Waals surface area contributed by atoms with E-state index < -0.39 is 0 Å². The van der Waals surface area contributed by atoms with Crippen molar-refractivity contribution in [1.29, 1.82) is 0 Å². The van der Waals surface area contributed by atoms with Crippen LogP contribution in [0.15, 0.2) is 24.3 Å². The number of benzene rings is 1. The van der Waals surface area contributed by atoms with Crippen LogP contribution in [0.2, 0.25) is 0 Å². The normalized spacial score (nSPS) is 30.6. The molecular formula is C20H27FN2O. The van der Waals surface area contributed by atoms with Gasteiger partial charge >= 0.3 is 0 Å². The third kappa shape index (κ3) is 3.34. The summed E-state index contributed by atoms with van der Waals surface area (Å²) in [6.45, 7) is 2.40. The van der Waals surface area contributed by atoms with E-state index in [1.807, 2.05) is 12.1 Å². The second-order valence-corrected chi connectivity index (χ2v) is 7.93. The topological polar surface area (TPSA) is 32.3 Å². The number of hydrogen-bond donors (Lipinski definition) is 1. The fourth-order valence-electron chi connectivity index (χ4n) is 4.94. The highest BCUT2D eigenvalue weighted by molar-refractivity contribution is 5.79. The van der Waals surface area contributed by atoms with Gasteiger partial charge in [-0.3, -0.25) is 9.69 Å². The first-order valence-electron chi connectivity index (χ1n) is 9.45. The Labute approximate surface area is 143 Å². The predicted octanol–water partition coefficient (Wildman–Crippen LogP) is 3.34. The van der Waals surface area contributed by atoms with Crippen molar-refractivity contribution in [3.63, 3.8) is 0 Å². The number of nitrogens with zero attached hydrogens (tertiary/aromatic N) is 1. The van der Waals surface area contributed by atoms with Crippen molar-refractivity contribution >= 4 is 5.91 Å². The molecule has 1 saturated heterocycles. The number of amides is 1. The van der Waals surface area contributed by atoms with Gasteiger partial charge in [-0.2, -0.15) is 0 Å². The summed E-state index contributed by atoms with van der Waals surface area (Å²) in [5, 5.41) is 3.34. The standard InChI is InChI=1S/C20H27FN2O/c21-18-4-2-1-3-17(18)13-23-9-7-15(8-10-23)20(24)22-19-12-14-5-6-16(19)11-14/h1-4,14-16,19H,5-13H2,(H,22,24)/t14-,16-,19-/m0/s1. The number of carbonyl (C=O) groups is 1. The maximum Gasteiger partial charge on any atom is 0.223 e. The van der Waals surface area contributed by atoms with Gasteiger partial charge in [0.15, 0.2) is 0 Å². The van der Waals surface area contributed by atoms with Crippen LogP contribution in [0, 0.1) is 23.6 Å². The molecule has 0 radical (unpaired) electrons. The van der Waals surface area contributed by atoms with Gasteiger partial charge in [-0.05, 0) is 63.1 Å². The van der Waals surface area contributed by atoms with E-state index in [-0.39, 0.29) is 17.6 Å². The number of fused-ring (bicyclic) bond motifs is 2. The monoisotopic (exact) mass is 330 g/mol. The fourth-order valence-corrected chi connectivity index (χ4v) is 4.94. The minimum absolute atomic E-state index is 0.131. The molecule has 2 saturated carbocycles. The summed E-state index contributed by atoms with van der Waals surface area (Å²) in [7, 11) is 0. The molecule has 0 spiro atoms. The Morgan fingerprint density at radius 2 is 1.92 bits per heavy atom. The van der Waals surface area contributed by atoms with Crippen molar-refractivity contribution in [1.82, 2.24) is 10.2 Å². The molecule has 3 fully saturated rings. The second-order valence-electron chi connectivity index (χ2n) is 7.93. The van der Waals surface area contributed by atoms with E-state index in [1.165, 1.54) is 31.7 Å². The van der Waals surface area contributed by atoms with Gasteiger partial charge in [0, 0.05) is 24.1 Å². The Bertz CT molecular complexity index is 597. The zero-order valence-corrected chi connectivity index (χ0v) is 14.2. The Kier molecular flexibility index (Phi) is 4.57. The van der Waals surface area contributed by atoms with E-state index in [4.69, 9.17) is 0 Å². The highest BCUT2D eigenvalue weighted by atomic mass is 19.1. The van der Waals surface area contributed by atoms with Crippen LogP contribution in [-0.4, -0.2) is 29.9 Å². The van der Waals surface area contributed by atoms with Gasteiger partial charge < -0.3 is 5.32 Å². The van der Waals surface area contributed by atoms with Gasteiger partial charge in [-0.1, -0.05) is 24.6 Å². The minimum atomic E-state index is -0.131. The van der Waals surface area contributed by atoms with E-state index in [2.05, 4.69) is 10.2 Å². The van der Waals surface area contributed by atoms with Crippen LogP contribution in [0.4, 0.5) is 4.39 Å². The summed E-state index contributed by atoms with van der Waals surface area (Å²) in [5.74, 6) is 1.87. The largest absolute Gasteiger partial charge is 0.353 e. The van der Waals surface area contributed by atoms with Crippen LogP contribution in [0.3, 0.4) is 0 Å². The molecule has 3 atom stereocenters. The maximum atomic E-state index is 13.8. The smallest absolute Gasteiger partial charge is 0.223 e. The quantitative estimate of drug-likeness (QED) is 0.918. The highest BCUT2D eigenvalue weighted by Crippen LogP contribution is 2.44. The zero-order valence-electron chi connectivity index (χ0n) is 14.2. The number of halogens is 1. The molecule has 24 heavy (non-hydrogen) atoms. The van der Waals surface area contributed by atoms with Crippen molar-refractivity contribution < 1.29 is 9.18 Å². The molecule has 4 heteroatoms. The molecule has 3 aliphatic rings. The summed E-state index contributed by atoms with van der Waals surface area (Å²) in [6.07, 6.45) is 6.97. The van der Waals surface area contributed by atoms with Gasteiger partial charge in [0.25, 0.3) is 0 Å². The lowest BCUT2D eigenvalue weighted by Crippen LogP contribution is -2.45. The molecule has 3 nitrogen and oxygen atoms in total. The summed E-state index contributed by atoms with van der Waals surface area (Å²) in [4.78, 5) is 14.8. The van der Waals surface area contributed by atoms with Crippen LogP contribution < -0.4 is 5.32 Å². The molecule has 0 aromatic heterocycles. The summed E-state index contributed by atoms with van der Waals surface area (Å²) in [5.41, 5.74) is 0.752. The third-order valence-corrected chi connectivity index (χ3v) is 6.38. The first kappa shape index (κ1) is 16.1. The maximum absolute atomic E-state index is 13.8. The van der Waals surface area contributed by atoms with E-state index in [0.29, 0.717) is 12.6 Å². The van der Waals surface area contributed by atoms with Crippen molar-refractivity contribution in [2.45, 2.75) is 51.1 Å². The van der Waals surface area contributed by atoms with E-state index in [1.54, 1.807) is 6.07 Å². The summed E-state index contributed by atoms with van der Waals surface area (Å²) < 4.78 is 13.8. The van der Waals surface area contributed by atoms with E-state index >= 15 is 0 Å². The van der Waals surface area contributed by atoms with Crippen LogP contribution >= 0.6 is 0 Å². The molecule has 1 aromatic rings. The minimum Gasteiger partial charge on any atom is -0.353 e. The van der Waals surface area contributed by atoms with Gasteiger partial charge in [-0.25, -0.2) is 4.39 Å². The van der Waals surface area contributed by atoms with Crippen LogP contribution in [0.25, 0.3) is 0 Å². The molecule has 1 aliphatic heterocycles. The van der Waals surface area contributed by atoms with Gasteiger partial charge in [0.1, 0.15) is 5.82 Å². The molecule has 4 rings (SSSR count). The number of nitrogens with one attached hydrogen (secondary N) is 1. The molecule has 130 valence electrons. The van der Waals surface area contributed by atoms with Gasteiger partial charge in [0.05, 0.1) is 0 Å². The van der Waals surface area contributed by atoms with Gasteiger partial charge in [0.2, 0.25) is 5.91 Å². The van der Waals surface area contributed by atoms with Crippen LogP contribution in [0.5, 0.6) is 0 Å². The van der Waals surface area contributed by atoms with E-state index in [9.17, 15) is 9.18 Å². The average molecular weight is 330 g/mol. The number of hydrogen-bond acceptors (Lipinski definition) is 2. The number of piperidine rings is 1. The Morgan fingerprint density at radius 1 is 1.12 bits per heavy atom. The third-order valence-electron chi connectivity index (χ3n) is 6.38. The molecule has 0 unspecified atom stereocenters. The number of carbonyl (C=O) groups excluding carboxylic acids is 1. The number of rotatable bonds is 4. The first-order chi connectivity index (χ1) is 11.7. The lowest BCUT2D eigenvalue weighted by Gasteiger charge is -2.33. The second kappa shape index (κ2) is 6.83. The molecule has 2 bridgehead atoms. The Balaban J connectivity index is 1.25. The average Bonchev–Trinajstić information content (AvgIpc) is 3.20. The van der Waals surface area contributed by atoms with E-state index in [0.717, 1.165) is 43.3 Å². The molecule has 1 N–H and O–H groups in total. The first-order valence-corrected chi connectivity index (χ1v) is 9.45. The summed E-state index contributed by atoms with van der Waals surface area (Å²) in [6, 6.07) is 7.42. The van der Waals surface area contributed by atoms with Gasteiger partial charge in [-0.15, -0.1) is 0 Å². The lowest BCUT2D eigenvalue weighted by atomic mass is 9.92. The zero-order chi connectivity index (χ0) is 16.5. The van der Waals surface area contributed by atoms with Crippen molar-refractivity contribution in [2.24, 2.45) is 17.8 Å². The summed E-state index contributed by atoms with van der Waals surface area (Å²) >= 11 is 0. The van der Waals surface area contributed by atoms with Crippen molar-refractivity contribution in [3.05, 3.63) is 35.6 Å².